The molecule has 0 radical (unpaired) electrons. The lowest BCUT2D eigenvalue weighted by atomic mass is 9.89. The largest absolute Gasteiger partial charge is 0.324 e. The quantitative estimate of drug-likeness (QED) is 0.619. The first-order chi connectivity index (χ1) is 5.24. The molecule has 0 aromatic heterocycles. The summed E-state index contributed by atoms with van der Waals surface area (Å²) in [6.45, 7) is 4.58. The Kier molecular flexibility index (Phi) is 3.13. The van der Waals surface area contributed by atoms with Gasteiger partial charge in [-0.15, -0.1) is 0 Å². The molecule has 0 aromatic carbocycles. The maximum atomic E-state index is 5.77. The van der Waals surface area contributed by atoms with Crippen LogP contribution in [0.15, 0.2) is 12.2 Å². The van der Waals surface area contributed by atoms with Gasteiger partial charge in [-0.1, -0.05) is 38.8 Å². The van der Waals surface area contributed by atoms with Crippen molar-refractivity contribution in [3.8, 4) is 0 Å². The molecule has 64 valence electrons. The first-order valence-electron chi connectivity index (χ1n) is 4.68. The highest BCUT2D eigenvalue weighted by Gasteiger charge is 2.20. The number of allylic oxidation sites excluding steroid dienone is 1. The van der Waals surface area contributed by atoms with Gasteiger partial charge in [0, 0.05) is 6.04 Å². The molecule has 0 fully saturated rings. The highest BCUT2D eigenvalue weighted by molar-refractivity contribution is 5.05. The molecule has 11 heavy (non-hydrogen) atoms. The normalized spacial score (nSPS) is 32.6. The zero-order valence-electron chi connectivity index (χ0n) is 7.59. The lowest BCUT2D eigenvalue weighted by molar-refractivity contribution is 0.383. The van der Waals surface area contributed by atoms with Crippen molar-refractivity contribution in [3.05, 3.63) is 12.2 Å². The van der Waals surface area contributed by atoms with Crippen LogP contribution in [0.1, 0.15) is 33.1 Å². The van der Waals surface area contributed by atoms with Gasteiger partial charge in [-0.2, -0.15) is 0 Å². The third kappa shape index (κ3) is 2.33. The second-order valence-electron chi connectivity index (χ2n) is 3.71. The van der Waals surface area contributed by atoms with Crippen LogP contribution in [-0.2, 0) is 0 Å². The zero-order chi connectivity index (χ0) is 8.27. The highest BCUT2D eigenvalue weighted by atomic mass is 14.6. The summed E-state index contributed by atoms with van der Waals surface area (Å²) in [4.78, 5) is 0. The minimum Gasteiger partial charge on any atom is -0.324 e. The highest BCUT2D eigenvalue weighted by Crippen LogP contribution is 2.27. The van der Waals surface area contributed by atoms with E-state index >= 15 is 0 Å². The molecule has 0 amide bonds. The number of hydrogen-bond donors (Lipinski definition) is 1. The van der Waals surface area contributed by atoms with Crippen molar-refractivity contribution in [2.45, 2.75) is 39.2 Å². The molecule has 0 heterocycles. The summed E-state index contributed by atoms with van der Waals surface area (Å²) in [7, 11) is 0. The molecule has 0 bridgehead atoms. The predicted molar refractivity (Wildman–Crippen MR) is 49.3 cm³/mol. The summed E-state index contributed by atoms with van der Waals surface area (Å²) in [6.07, 6.45) is 8.24. The second-order valence-corrected chi connectivity index (χ2v) is 3.71. The van der Waals surface area contributed by atoms with Crippen molar-refractivity contribution >= 4 is 0 Å². The van der Waals surface area contributed by atoms with Gasteiger partial charge in [-0.05, 0) is 18.3 Å². The maximum absolute atomic E-state index is 5.77. The molecule has 1 aliphatic rings. The summed E-state index contributed by atoms with van der Waals surface area (Å²) in [5.74, 6) is 1.58. The Morgan fingerprint density at radius 3 is 2.73 bits per heavy atom. The standard InChI is InChI=1S/C10H19N/c1-3-4-8(2)9-5-6-10(11)7-9/h5-6,8-10H,3-4,7,11H2,1-2H3. The van der Waals surface area contributed by atoms with E-state index in [1.54, 1.807) is 0 Å². The number of nitrogens with two attached hydrogens (primary N) is 1. The fraction of sp³-hybridized carbons (Fsp3) is 0.800. The van der Waals surface area contributed by atoms with E-state index in [0.29, 0.717) is 6.04 Å². The zero-order valence-corrected chi connectivity index (χ0v) is 7.59. The van der Waals surface area contributed by atoms with E-state index in [1.807, 2.05) is 0 Å². The molecule has 1 heteroatoms. The summed E-state index contributed by atoms with van der Waals surface area (Å²) in [6, 6.07) is 0.333. The first kappa shape index (κ1) is 8.79. The van der Waals surface area contributed by atoms with Gasteiger partial charge in [-0.3, -0.25) is 0 Å². The Morgan fingerprint density at radius 1 is 1.55 bits per heavy atom. The Labute approximate surface area is 69.7 Å². The van der Waals surface area contributed by atoms with Gasteiger partial charge in [0.2, 0.25) is 0 Å². The smallest absolute Gasteiger partial charge is 0.0229 e. The van der Waals surface area contributed by atoms with Gasteiger partial charge in [0.25, 0.3) is 0 Å². The van der Waals surface area contributed by atoms with Gasteiger partial charge < -0.3 is 5.73 Å². The second kappa shape index (κ2) is 3.91. The number of hydrogen-bond acceptors (Lipinski definition) is 1. The molecule has 0 spiro atoms. The molecule has 1 rings (SSSR count). The van der Waals surface area contributed by atoms with Gasteiger partial charge in [-0.25, -0.2) is 0 Å². The van der Waals surface area contributed by atoms with Crippen LogP contribution in [0.4, 0.5) is 0 Å². The Hall–Kier alpha value is -0.300. The van der Waals surface area contributed by atoms with Crippen LogP contribution >= 0.6 is 0 Å². The lowest BCUT2D eigenvalue weighted by Crippen LogP contribution is -2.17. The van der Waals surface area contributed by atoms with E-state index in [4.69, 9.17) is 5.73 Å². The van der Waals surface area contributed by atoms with Crippen LogP contribution in [0.5, 0.6) is 0 Å². The number of rotatable bonds is 3. The van der Waals surface area contributed by atoms with Crippen LogP contribution in [0, 0.1) is 11.8 Å². The summed E-state index contributed by atoms with van der Waals surface area (Å²) < 4.78 is 0. The first-order valence-corrected chi connectivity index (χ1v) is 4.68. The van der Waals surface area contributed by atoms with Crippen LogP contribution < -0.4 is 5.73 Å². The SMILES string of the molecule is CCCC(C)C1C=CC(N)C1. The van der Waals surface area contributed by atoms with Gasteiger partial charge in [0.15, 0.2) is 0 Å². The van der Waals surface area contributed by atoms with Crippen LogP contribution in [0.25, 0.3) is 0 Å². The minimum atomic E-state index is 0.333. The molecule has 0 saturated carbocycles. The lowest BCUT2D eigenvalue weighted by Gasteiger charge is -2.17. The molecule has 1 nitrogen and oxygen atoms in total. The fourth-order valence-corrected chi connectivity index (χ4v) is 1.85. The van der Waals surface area contributed by atoms with Crippen LogP contribution in [0.3, 0.4) is 0 Å². The van der Waals surface area contributed by atoms with Gasteiger partial charge in [0.1, 0.15) is 0 Å². The monoisotopic (exact) mass is 153 g/mol. The van der Waals surface area contributed by atoms with E-state index in [0.717, 1.165) is 11.8 Å². The third-order valence-electron chi connectivity index (χ3n) is 2.62. The summed E-state index contributed by atoms with van der Waals surface area (Å²) in [5.41, 5.74) is 5.77. The molecule has 0 saturated heterocycles. The van der Waals surface area contributed by atoms with Crippen molar-refractivity contribution in [2.75, 3.05) is 0 Å². The van der Waals surface area contributed by atoms with Crippen molar-refractivity contribution in [2.24, 2.45) is 17.6 Å². The summed E-state index contributed by atoms with van der Waals surface area (Å²) in [5, 5.41) is 0. The van der Waals surface area contributed by atoms with Gasteiger partial charge >= 0.3 is 0 Å². The predicted octanol–water partition coefficient (Wildman–Crippen LogP) is 2.33. The average molecular weight is 153 g/mol. The van der Waals surface area contributed by atoms with Gasteiger partial charge in [0.05, 0.1) is 0 Å². The average Bonchev–Trinajstić information content (AvgIpc) is 2.36. The molecule has 3 unspecified atom stereocenters. The Balaban J connectivity index is 2.32. The molecule has 0 aliphatic heterocycles. The maximum Gasteiger partial charge on any atom is 0.0229 e. The van der Waals surface area contributed by atoms with Crippen molar-refractivity contribution in [1.82, 2.24) is 0 Å². The van der Waals surface area contributed by atoms with E-state index in [9.17, 15) is 0 Å². The molecule has 3 atom stereocenters. The Bertz CT molecular complexity index is 140. The topological polar surface area (TPSA) is 26.0 Å². The fourth-order valence-electron chi connectivity index (χ4n) is 1.85. The van der Waals surface area contributed by atoms with Crippen molar-refractivity contribution in [3.63, 3.8) is 0 Å². The van der Waals surface area contributed by atoms with Crippen molar-refractivity contribution in [1.29, 1.82) is 0 Å². The minimum absolute atomic E-state index is 0.333. The van der Waals surface area contributed by atoms with E-state index in [1.165, 1.54) is 19.3 Å². The molecule has 0 aromatic rings. The van der Waals surface area contributed by atoms with E-state index in [2.05, 4.69) is 26.0 Å². The van der Waals surface area contributed by atoms with Crippen LogP contribution in [0.2, 0.25) is 0 Å². The molecular weight excluding hydrogens is 134 g/mol. The van der Waals surface area contributed by atoms with E-state index < -0.39 is 0 Å². The molecular formula is C10H19N. The van der Waals surface area contributed by atoms with Crippen molar-refractivity contribution < 1.29 is 0 Å². The summed E-state index contributed by atoms with van der Waals surface area (Å²) >= 11 is 0. The molecule has 2 N–H and O–H groups in total. The Morgan fingerprint density at radius 2 is 2.27 bits per heavy atom. The third-order valence-corrected chi connectivity index (χ3v) is 2.62. The van der Waals surface area contributed by atoms with Crippen LogP contribution in [-0.4, -0.2) is 6.04 Å². The molecule has 1 aliphatic carbocycles. The van der Waals surface area contributed by atoms with E-state index in [-0.39, 0.29) is 0 Å².